The minimum Gasteiger partial charge on any atom is -0.351 e. The molecule has 1 saturated heterocycles. The monoisotopic (exact) mass is 342 g/mol. The van der Waals surface area contributed by atoms with E-state index in [0.29, 0.717) is 18.5 Å². The van der Waals surface area contributed by atoms with Gasteiger partial charge in [0, 0.05) is 36.5 Å². The zero-order valence-corrected chi connectivity index (χ0v) is 14.4. The Morgan fingerprint density at radius 2 is 2.04 bits per heavy atom. The number of benzene rings is 1. The van der Waals surface area contributed by atoms with E-state index in [9.17, 15) is 9.59 Å². The molecule has 0 radical (unpaired) electrons. The van der Waals surface area contributed by atoms with Crippen LogP contribution in [-0.2, 0) is 11.2 Å². The van der Waals surface area contributed by atoms with Gasteiger partial charge in [0.1, 0.15) is 0 Å². The Labute approximate surface area is 146 Å². The normalized spacial score (nSPS) is 17.0. The van der Waals surface area contributed by atoms with E-state index in [1.54, 1.807) is 6.07 Å². The minimum absolute atomic E-state index is 0.105. The van der Waals surface area contributed by atoms with Gasteiger partial charge in [-0.3, -0.25) is 9.59 Å². The molecule has 3 rings (SSSR count). The second-order valence-corrected chi connectivity index (χ2v) is 6.87. The quantitative estimate of drug-likeness (QED) is 0.877. The summed E-state index contributed by atoms with van der Waals surface area (Å²) >= 11 is 1.49. The van der Waals surface area contributed by atoms with Crippen LogP contribution in [0.1, 0.15) is 35.2 Å². The van der Waals surface area contributed by atoms with Gasteiger partial charge < -0.3 is 10.2 Å². The molecule has 2 aromatic rings. The predicted octanol–water partition coefficient (Wildman–Crippen LogP) is 3.10. The van der Waals surface area contributed by atoms with Gasteiger partial charge in [0.15, 0.2) is 0 Å². The average molecular weight is 342 g/mol. The van der Waals surface area contributed by atoms with Gasteiger partial charge in [-0.15, -0.1) is 0 Å². The maximum absolute atomic E-state index is 12.5. The van der Waals surface area contributed by atoms with Gasteiger partial charge in [0.2, 0.25) is 5.91 Å². The van der Waals surface area contributed by atoms with Crippen LogP contribution in [0, 0.1) is 0 Å². The van der Waals surface area contributed by atoms with Crippen molar-refractivity contribution in [1.82, 2.24) is 10.2 Å². The number of thiophene rings is 1. The molecule has 4 nitrogen and oxygen atoms in total. The lowest BCUT2D eigenvalue weighted by Crippen LogP contribution is -2.38. The van der Waals surface area contributed by atoms with Gasteiger partial charge >= 0.3 is 0 Å². The Balaban J connectivity index is 1.48. The van der Waals surface area contributed by atoms with E-state index in [0.717, 1.165) is 25.8 Å². The second kappa shape index (κ2) is 8.11. The number of hydrogen-bond donors (Lipinski definition) is 1. The standard InChI is InChI=1S/C19H22N2O2S/c22-18(8-10-20-19(23)16-9-12-24-14-16)21-11-4-7-17(21)13-15-5-2-1-3-6-15/h1-3,5-6,9,12,14,17H,4,7-8,10-11,13H2,(H,20,23). The van der Waals surface area contributed by atoms with E-state index in [2.05, 4.69) is 17.4 Å². The maximum Gasteiger partial charge on any atom is 0.252 e. The third-order valence-corrected chi connectivity index (χ3v) is 5.10. The van der Waals surface area contributed by atoms with Crippen LogP contribution in [0.5, 0.6) is 0 Å². The minimum atomic E-state index is -0.105. The molecule has 0 saturated carbocycles. The Morgan fingerprint density at radius 3 is 2.79 bits per heavy atom. The lowest BCUT2D eigenvalue weighted by Gasteiger charge is -2.25. The average Bonchev–Trinajstić information content (AvgIpc) is 3.27. The molecule has 2 heterocycles. The molecule has 1 unspecified atom stereocenters. The molecule has 5 heteroatoms. The lowest BCUT2D eigenvalue weighted by molar-refractivity contribution is -0.131. The fourth-order valence-corrected chi connectivity index (χ4v) is 3.82. The highest BCUT2D eigenvalue weighted by Crippen LogP contribution is 2.21. The van der Waals surface area contributed by atoms with E-state index >= 15 is 0 Å². The smallest absolute Gasteiger partial charge is 0.252 e. The number of amides is 2. The van der Waals surface area contributed by atoms with Crippen LogP contribution in [-0.4, -0.2) is 35.8 Å². The number of likely N-dealkylation sites (tertiary alicyclic amines) is 1. The van der Waals surface area contributed by atoms with E-state index in [-0.39, 0.29) is 17.9 Å². The summed E-state index contributed by atoms with van der Waals surface area (Å²) in [5.74, 6) is 0.0327. The topological polar surface area (TPSA) is 49.4 Å². The molecule has 1 atom stereocenters. The Kier molecular flexibility index (Phi) is 5.64. The van der Waals surface area contributed by atoms with Crippen molar-refractivity contribution in [3.63, 3.8) is 0 Å². The molecular weight excluding hydrogens is 320 g/mol. The van der Waals surface area contributed by atoms with Crippen molar-refractivity contribution in [2.45, 2.75) is 31.7 Å². The van der Waals surface area contributed by atoms with Gasteiger partial charge in [-0.2, -0.15) is 11.3 Å². The molecule has 1 aliphatic heterocycles. The predicted molar refractivity (Wildman–Crippen MR) is 96.2 cm³/mol. The van der Waals surface area contributed by atoms with Crippen LogP contribution in [0.4, 0.5) is 0 Å². The number of rotatable bonds is 6. The SMILES string of the molecule is O=C(NCCC(=O)N1CCCC1Cc1ccccc1)c1ccsc1. The Bertz CT molecular complexity index is 670. The summed E-state index contributed by atoms with van der Waals surface area (Å²) in [6.07, 6.45) is 3.39. The molecule has 0 aliphatic carbocycles. The van der Waals surface area contributed by atoms with E-state index in [1.807, 2.05) is 33.9 Å². The van der Waals surface area contributed by atoms with Crippen molar-refractivity contribution < 1.29 is 9.59 Å². The van der Waals surface area contributed by atoms with Crippen LogP contribution in [0.3, 0.4) is 0 Å². The van der Waals surface area contributed by atoms with Crippen LogP contribution < -0.4 is 5.32 Å². The number of hydrogen-bond acceptors (Lipinski definition) is 3. The molecule has 0 bridgehead atoms. The summed E-state index contributed by atoms with van der Waals surface area (Å²) in [4.78, 5) is 26.4. The lowest BCUT2D eigenvalue weighted by atomic mass is 10.0. The van der Waals surface area contributed by atoms with E-state index < -0.39 is 0 Å². The van der Waals surface area contributed by atoms with Gasteiger partial charge in [-0.1, -0.05) is 30.3 Å². The third kappa shape index (κ3) is 4.23. The van der Waals surface area contributed by atoms with Gasteiger partial charge in [0.05, 0.1) is 0 Å². The van der Waals surface area contributed by atoms with Crippen LogP contribution >= 0.6 is 11.3 Å². The third-order valence-electron chi connectivity index (χ3n) is 4.42. The zero-order chi connectivity index (χ0) is 16.8. The van der Waals surface area contributed by atoms with Crippen LogP contribution in [0.2, 0.25) is 0 Å². The Hall–Kier alpha value is -2.14. The fourth-order valence-electron chi connectivity index (χ4n) is 3.18. The molecule has 2 amide bonds. The van der Waals surface area contributed by atoms with E-state index in [1.165, 1.54) is 16.9 Å². The number of carbonyl (C=O) groups is 2. The highest BCUT2D eigenvalue weighted by atomic mass is 32.1. The number of carbonyl (C=O) groups excluding carboxylic acids is 2. The molecule has 1 aromatic heterocycles. The van der Waals surface area contributed by atoms with Crippen molar-refractivity contribution >= 4 is 23.2 Å². The first-order valence-corrected chi connectivity index (χ1v) is 9.32. The number of nitrogens with one attached hydrogen (secondary N) is 1. The molecule has 1 aliphatic rings. The first-order valence-electron chi connectivity index (χ1n) is 8.38. The van der Waals surface area contributed by atoms with Crippen molar-refractivity contribution in [1.29, 1.82) is 0 Å². The maximum atomic E-state index is 12.5. The second-order valence-electron chi connectivity index (χ2n) is 6.09. The first kappa shape index (κ1) is 16.7. The van der Waals surface area contributed by atoms with Gasteiger partial charge in [-0.05, 0) is 36.3 Å². The molecule has 0 spiro atoms. The van der Waals surface area contributed by atoms with Crippen molar-refractivity contribution in [3.05, 3.63) is 58.3 Å². The largest absolute Gasteiger partial charge is 0.351 e. The molecule has 1 fully saturated rings. The highest BCUT2D eigenvalue weighted by Gasteiger charge is 2.28. The van der Waals surface area contributed by atoms with Crippen LogP contribution in [0.25, 0.3) is 0 Å². The van der Waals surface area contributed by atoms with Crippen molar-refractivity contribution in [2.75, 3.05) is 13.1 Å². The summed E-state index contributed by atoms with van der Waals surface area (Å²) in [7, 11) is 0. The van der Waals surface area contributed by atoms with Gasteiger partial charge in [-0.25, -0.2) is 0 Å². The van der Waals surface area contributed by atoms with Crippen molar-refractivity contribution in [2.24, 2.45) is 0 Å². The van der Waals surface area contributed by atoms with Crippen LogP contribution in [0.15, 0.2) is 47.2 Å². The van der Waals surface area contributed by atoms with Gasteiger partial charge in [0.25, 0.3) is 5.91 Å². The number of nitrogens with zero attached hydrogens (tertiary/aromatic N) is 1. The summed E-state index contributed by atoms with van der Waals surface area (Å²) in [5, 5.41) is 6.51. The molecule has 126 valence electrons. The summed E-state index contributed by atoms with van der Waals surface area (Å²) in [6, 6.07) is 12.4. The fraction of sp³-hybridized carbons (Fsp3) is 0.368. The molecular formula is C19H22N2O2S. The summed E-state index contributed by atoms with van der Waals surface area (Å²) in [5.41, 5.74) is 1.93. The molecule has 24 heavy (non-hydrogen) atoms. The van der Waals surface area contributed by atoms with E-state index in [4.69, 9.17) is 0 Å². The zero-order valence-electron chi connectivity index (χ0n) is 13.6. The first-order chi connectivity index (χ1) is 11.7. The summed E-state index contributed by atoms with van der Waals surface area (Å²) in [6.45, 7) is 1.22. The summed E-state index contributed by atoms with van der Waals surface area (Å²) < 4.78 is 0. The highest BCUT2D eigenvalue weighted by molar-refractivity contribution is 7.08. The Morgan fingerprint density at radius 1 is 1.21 bits per heavy atom. The molecule has 1 aromatic carbocycles. The van der Waals surface area contributed by atoms with Crippen molar-refractivity contribution in [3.8, 4) is 0 Å². The molecule has 1 N–H and O–H groups in total.